The van der Waals surface area contributed by atoms with E-state index in [2.05, 4.69) is 22.3 Å². The highest BCUT2D eigenvalue weighted by Crippen LogP contribution is 2.45. The fraction of sp³-hybridized carbons (Fsp3) is 0.385. The molecule has 6 rings (SSSR count). The summed E-state index contributed by atoms with van der Waals surface area (Å²) in [5, 5.41) is 16.6. The number of H-pyrrole nitrogens is 1. The number of benzene rings is 2. The Bertz CT molecular complexity index is 1260. The van der Waals surface area contributed by atoms with E-state index in [9.17, 15) is 5.11 Å². The van der Waals surface area contributed by atoms with E-state index in [0.29, 0.717) is 12.5 Å². The Morgan fingerprint density at radius 3 is 2.56 bits per heavy atom. The van der Waals surface area contributed by atoms with Crippen molar-refractivity contribution in [1.29, 1.82) is 0 Å². The van der Waals surface area contributed by atoms with Crippen LogP contribution in [0.3, 0.4) is 0 Å². The zero-order valence-corrected chi connectivity index (χ0v) is 18.4. The molecule has 4 aromatic rings. The van der Waals surface area contributed by atoms with Gasteiger partial charge in [-0.1, -0.05) is 35.5 Å². The van der Waals surface area contributed by atoms with Gasteiger partial charge in [-0.3, -0.25) is 0 Å². The van der Waals surface area contributed by atoms with Gasteiger partial charge >= 0.3 is 0 Å². The number of ether oxygens (including phenoxy) is 1. The Balaban J connectivity index is 1.65. The summed E-state index contributed by atoms with van der Waals surface area (Å²) in [4.78, 5) is 8.53. The van der Waals surface area contributed by atoms with Crippen LogP contribution in [-0.2, 0) is 10.3 Å². The molecule has 2 aliphatic rings. The van der Waals surface area contributed by atoms with Gasteiger partial charge < -0.3 is 19.4 Å². The van der Waals surface area contributed by atoms with Crippen LogP contribution in [0.5, 0.6) is 0 Å². The summed E-state index contributed by atoms with van der Waals surface area (Å²) in [6.07, 6.45) is 3.69. The van der Waals surface area contributed by atoms with Gasteiger partial charge in [-0.05, 0) is 62.8 Å². The van der Waals surface area contributed by atoms with Gasteiger partial charge in [-0.15, -0.1) is 0 Å². The number of aromatic amines is 1. The SMILES string of the molecule is Cc1noc(C)c1-c1cc(C(O)(c2ccccc2)C2CCCO2)c2nc(C3CC3)[nH]c2c1. The molecule has 2 aromatic heterocycles. The highest BCUT2D eigenvalue weighted by molar-refractivity contribution is 5.87. The Morgan fingerprint density at radius 1 is 1.09 bits per heavy atom. The van der Waals surface area contributed by atoms with Crippen LogP contribution >= 0.6 is 0 Å². The average Bonchev–Trinajstić information content (AvgIpc) is 3.19. The topological polar surface area (TPSA) is 84.2 Å². The molecule has 3 heterocycles. The van der Waals surface area contributed by atoms with Crippen LogP contribution in [0.2, 0.25) is 0 Å². The van der Waals surface area contributed by atoms with Crippen LogP contribution in [0.4, 0.5) is 0 Å². The third-order valence-electron chi connectivity index (χ3n) is 6.91. The summed E-state index contributed by atoms with van der Waals surface area (Å²) < 4.78 is 11.6. The van der Waals surface area contributed by atoms with Gasteiger partial charge in [0.2, 0.25) is 0 Å². The van der Waals surface area contributed by atoms with Gasteiger partial charge in [0.15, 0.2) is 0 Å². The van der Waals surface area contributed by atoms with E-state index in [1.54, 1.807) is 0 Å². The molecule has 2 unspecified atom stereocenters. The van der Waals surface area contributed by atoms with Crippen molar-refractivity contribution >= 4 is 11.0 Å². The Hall–Kier alpha value is -2.96. The lowest BCUT2D eigenvalue weighted by Crippen LogP contribution is -2.40. The van der Waals surface area contributed by atoms with Crippen molar-refractivity contribution in [3.8, 4) is 11.1 Å². The van der Waals surface area contributed by atoms with E-state index >= 15 is 0 Å². The number of rotatable bonds is 5. The molecule has 32 heavy (non-hydrogen) atoms. The number of aryl methyl sites for hydroxylation is 2. The lowest BCUT2D eigenvalue weighted by molar-refractivity contribution is -0.0611. The predicted molar refractivity (Wildman–Crippen MR) is 121 cm³/mol. The van der Waals surface area contributed by atoms with E-state index in [1.807, 2.05) is 44.2 Å². The molecule has 2 atom stereocenters. The first-order chi connectivity index (χ1) is 15.6. The van der Waals surface area contributed by atoms with Crippen molar-refractivity contribution in [2.75, 3.05) is 6.61 Å². The van der Waals surface area contributed by atoms with E-state index < -0.39 is 5.60 Å². The zero-order valence-electron chi connectivity index (χ0n) is 18.4. The molecule has 6 heteroatoms. The Labute approximate surface area is 186 Å². The summed E-state index contributed by atoms with van der Waals surface area (Å²) >= 11 is 0. The third kappa shape index (κ3) is 3.01. The summed E-state index contributed by atoms with van der Waals surface area (Å²) in [5.41, 5.74) is 4.75. The third-order valence-corrected chi connectivity index (χ3v) is 6.91. The van der Waals surface area contributed by atoms with Gasteiger partial charge in [0.25, 0.3) is 0 Å². The van der Waals surface area contributed by atoms with Gasteiger partial charge in [-0.25, -0.2) is 4.98 Å². The monoisotopic (exact) mass is 429 g/mol. The zero-order chi connectivity index (χ0) is 21.9. The fourth-order valence-electron chi connectivity index (χ4n) is 5.13. The molecule has 6 nitrogen and oxygen atoms in total. The number of aromatic nitrogens is 3. The maximum absolute atomic E-state index is 12.5. The van der Waals surface area contributed by atoms with Crippen molar-refractivity contribution in [2.45, 2.75) is 57.2 Å². The molecule has 164 valence electrons. The number of fused-ring (bicyclic) bond motifs is 1. The number of nitrogens with one attached hydrogen (secondary N) is 1. The summed E-state index contributed by atoms with van der Waals surface area (Å²) in [6.45, 7) is 4.52. The minimum atomic E-state index is -1.32. The fourth-order valence-corrected chi connectivity index (χ4v) is 5.13. The van der Waals surface area contributed by atoms with Crippen LogP contribution in [0.25, 0.3) is 22.2 Å². The van der Waals surface area contributed by atoms with E-state index in [-0.39, 0.29) is 6.10 Å². The molecule has 1 aliphatic heterocycles. The predicted octanol–water partition coefficient (Wildman–Crippen LogP) is 5.13. The Morgan fingerprint density at radius 2 is 1.91 bits per heavy atom. The number of nitrogens with zero attached hydrogens (tertiary/aromatic N) is 2. The maximum Gasteiger partial charge on any atom is 0.143 e. The van der Waals surface area contributed by atoms with Crippen LogP contribution in [0.1, 0.15) is 60.0 Å². The van der Waals surface area contributed by atoms with Crippen LogP contribution in [0.15, 0.2) is 47.0 Å². The standard InChI is InChI=1S/C26H27N3O3/c1-15-23(16(2)32-29-15)18-13-20(24-21(14-18)27-25(28-24)17-10-11-17)26(30,22-9-6-12-31-22)19-7-4-3-5-8-19/h3-5,7-8,13-14,17,22,30H,6,9-12H2,1-2H3,(H,27,28). The molecule has 2 aromatic carbocycles. The number of imidazole rings is 1. The largest absolute Gasteiger partial charge is 0.378 e. The minimum absolute atomic E-state index is 0.339. The number of hydrogen-bond acceptors (Lipinski definition) is 5. The minimum Gasteiger partial charge on any atom is -0.378 e. The quantitative estimate of drug-likeness (QED) is 0.460. The van der Waals surface area contributed by atoms with Crippen molar-refractivity contribution in [1.82, 2.24) is 15.1 Å². The second-order valence-corrected chi connectivity index (χ2v) is 9.15. The molecule has 0 radical (unpaired) electrons. The number of aliphatic hydroxyl groups is 1. The maximum atomic E-state index is 12.5. The van der Waals surface area contributed by atoms with Crippen LogP contribution < -0.4 is 0 Å². The van der Waals surface area contributed by atoms with E-state index in [0.717, 1.165) is 76.2 Å². The lowest BCUT2D eigenvalue weighted by Gasteiger charge is -2.35. The molecule has 2 N–H and O–H groups in total. The number of hydrogen-bond donors (Lipinski definition) is 2. The second-order valence-electron chi connectivity index (χ2n) is 9.15. The molecule has 0 bridgehead atoms. The molecule has 0 spiro atoms. The summed E-state index contributed by atoms with van der Waals surface area (Å²) in [6, 6.07) is 14.0. The van der Waals surface area contributed by atoms with E-state index in [1.165, 1.54) is 0 Å². The first-order valence-electron chi connectivity index (χ1n) is 11.4. The van der Waals surface area contributed by atoms with Crippen molar-refractivity contribution in [3.63, 3.8) is 0 Å². The van der Waals surface area contributed by atoms with Crippen molar-refractivity contribution in [2.24, 2.45) is 0 Å². The van der Waals surface area contributed by atoms with Crippen molar-refractivity contribution in [3.05, 3.63) is 70.9 Å². The highest BCUT2D eigenvalue weighted by atomic mass is 16.5. The normalized spacial score (nSPS) is 20.7. The molecule has 0 amide bonds. The van der Waals surface area contributed by atoms with Crippen LogP contribution in [-0.4, -0.2) is 32.9 Å². The van der Waals surface area contributed by atoms with Gasteiger partial charge in [0.1, 0.15) is 17.2 Å². The van der Waals surface area contributed by atoms with Gasteiger partial charge in [-0.2, -0.15) is 0 Å². The smallest absolute Gasteiger partial charge is 0.143 e. The molecule has 1 saturated heterocycles. The van der Waals surface area contributed by atoms with E-state index in [4.69, 9.17) is 14.2 Å². The average molecular weight is 430 g/mol. The molecule has 1 saturated carbocycles. The molecule has 2 fully saturated rings. The molecular formula is C26H27N3O3. The Kier molecular flexibility index (Phi) is 4.49. The van der Waals surface area contributed by atoms with Crippen LogP contribution in [0, 0.1) is 13.8 Å². The lowest BCUT2D eigenvalue weighted by atomic mass is 9.79. The molecule has 1 aliphatic carbocycles. The first kappa shape index (κ1) is 19.7. The molecular weight excluding hydrogens is 402 g/mol. The van der Waals surface area contributed by atoms with Gasteiger partial charge in [0.05, 0.1) is 22.8 Å². The first-order valence-corrected chi connectivity index (χ1v) is 11.4. The second kappa shape index (κ2) is 7.29. The summed E-state index contributed by atoms with van der Waals surface area (Å²) in [7, 11) is 0. The van der Waals surface area contributed by atoms with Gasteiger partial charge in [0, 0.05) is 23.7 Å². The summed E-state index contributed by atoms with van der Waals surface area (Å²) in [5.74, 6) is 2.24. The van der Waals surface area contributed by atoms with Crippen molar-refractivity contribution < 1.29 is 14.4 Å². The highest BCUT2D eigenvalue weighted by Gasteiger charge is 2.45.